The molecular formula is C14H13FN4O. The molecule has 0 radical (unpaired) electrons. The number of nitriles is 1. The summed E-state index contributed by atoms with van der Waals surface area (Å²) in [5.41, 5.74) is 1.60. The number of rotatable bonds is 4. The zero-order chi connectivity index (χ0) is 14.5. The molecule has 1 heterocycles. The van der Waals surface area contributed by atoms with Crippen LogP contribution in [0.3, 0.4) is 0 Å². The smallest absolute Gasteiger partial charge is 0.341 e. The Morgan fingerprint density at radius 2 is 1.95 bits per heavy atom. The first-order valence-electron chi connectivity index (χ1n) is 6.27. The molecule has 2 rings (SSSR count). The first-order valence-corrected chi connectivity index (χ1v) is 6.27. The van der Waals surface area contributed by atoms with E-state index in [1.54, 1.807) is 6.07 Å². The summed E-state index contributed by atoms with van der Waals surface area (Å²) in [6, 6.07) is 5.78. The molecule has 0 saturated heterocycles. The zero-order valence-electron chi connectivity index (χ0n) is 11.2. The molecule has 0 saturated carbocycles. The molecular weight excluding hydrogens is 259 g/mol. The van der Waals surface area contributed by atoms with Crippen molar-refractivity contribution in [3.05, 3.63) is 41.0 Å². The predicted octanol–water partition coefficient (Wildman–Crippen LogP) is 2.80. The highest BCUT2D eigenvalue weighted by molar-refractivity contribution is 5.37. The van der Waals surface area contributed by atoms with Crippen molar-refractivity contribution in [2.24, 2.45) is 0 Å². The minimum Gasteiger partial charge on any atom is -0.423 e. The third kappa shape index (κ3) is 2.88. The van der Waals surface area contributed by atoms with E-state index in [2.05, 4.69) is 15.2 Å². The predicted molar refractivity (Wildman–Crippen MR) is 69.8 cm³/mol. The topological polar surface area (TPSA) is 71.7 Å². The quantitative estimate of drug-likeness (QED) is 0.855. The lowest BCUT2D eigenvalue weighted by atomic mass is 10.2. The Morgan fingerprint density at radius 3 is 2.55 bits per heavy atom. The standard InChI is InChI=1S/C14H13FN4O/c1-3-12-13(4-2)18-19-14(17-12)20-10-6-5-9(8-16)11(15)7-10/h5-7H,3-4H2,1-2H3. The number of aromatic nitrogens is 3. The van der Waals surface area contributed by atoms with Gasteiger partial charge >= 0.3 is 6.01 Å². The van der Waals surface area contributed by atoms with Crippen molar-refractivity contribution < 1.29 is 9.13 Å². The third-order valence-electron chi connectivity index (χ3n) is 2.76. The molecule has 20 heavy (non-hydrogen) atoms. The SMILES string of the molecule is CCc1nnc(Oc2ccc(C#N)c(F)c2)nc1CC. The molecule has 5 nitrogen and oxygen atoms in total. The third-order valence-corrected chi connectivity index (χ3v) is 2.76. The van der Waals surface area contributed by atoms with Gasteiger partial charge in [0.15, 0.2) is 0 Å². The second-order valence-electron chi connectivity index (χ2n) is 4.05. The van der Waals surface area contributed by atoms with Crippen LogP contribution in [0.5, 0.6) is 11.8 Å². The molecule has 0 aliphatic rings. The fourth-order valence-corrected chi connectivity index (χ4v) is 1.72. The summed E-state index contributed by atoms with van der Waals surface area (Å²) in [4.78, 5) is 4.25. The lowest BCUT2D eigenvalue weighted by Crippen LogP contribution is -2.04. The average molecular weight is 272 g/mol. The molecule has 0 bridgehead atoms. The number of hydrogen-bond acceptors (Lipinski definition) is 5. The van der Waals surface area contributed by atoms with Crippen LogP contribution >= 0.6 is 0 Å². The van der Waals surface area contributed by atoms with E-state index in [1.807, 2.05) is 13.8 Å². The molecule has 0 aliphatic carbocycles. The van der Waals surface area contributed by atoms with Crippen LogP contribution in [0, 0.1) is 17.1 Å². The van der Waals surface area contributed by atoms with Gasteiger partial charge in [0.2, 0.25) is 0 Å². The molecule has 6 heteroatoms. The van der Waals surface area contributed by atoms with Gasteiger partial charge in [-0.3, -0.25) is 0 Å². The van der Waals surface area contributed by atoms with Crippen molar-refractivity contribution >= 4 is 0 Å². The Bertz CT molecular complexity index is 667. The number of halogens is 1. The Kier molecular flexibility index (Phi) is 4.20. The molecule has 0 fully saturated rings. The fraction of sp³-hybridized carbons (Fsp3) is 0.286. The first-order chi connectivity index (χ1) is 9.67. The van der Waals surface area contributed by atoms with Gasteiger partial charge < -0.3 is 4.74 Å². The van der Waals surface area contributed by atoms with E-state index in [0.29, 0.717) is 0 Å². The maximum atomic E-state index is 13.5. The fourth-order valence-electron chi connectivity index (χ4n) is 1.72. The second-order valence-corrected chi connectivity index (χ2v) is 4.05. The first kappa shape index (κ1) is 13.9. The van der Waals surface area contributed by atoms with E-state index in [1.165, 1.54) is 12.1 Å². The van der Waals surface area contributed by atoms with Crippen molar-refractivity contribution in [2.45, 2.75) is 26.7 Å². The van der Waals surface area contributed by atoms with E-state index in [9.17, 15) is 4.39 Å². The van der Waals surface area contributed by atoms with Crippen molar-refractivity contribution in [1.82, 2.24) is 15.2 Å². The van der Waals surface area contributed by atoms with Crippen LogP contribution in [0.4, 0.5) is 4.39 Å². The highest BCUT2D eigenvalue weighted by Crippen LogP contribution is 2.21. The summed E-state index contributed by atoms with van der Waals surface area (Å²) < 4.78 is 18.8. The van der Waals surface area contributed by atoms with Gasteiger partial charge in [-0.15, -0.1) is 5.10 Å². The summed E-state index contributed by atoms with van der Waals surface area (Å²) in [6.07, 6.45) is 1.46. The van der Waals surface area contributed by atoms with Crippen molar-refractivity contribution in [1.29, 1.82) is 5.26 Å². The molecule has 102 valence electrons. The average Bonchev–Trinajstić information content (AvgIpc) is 2.47. The molecule has 0 atom stereocenters. The normalized spacial score (nSPS) is 10.1. The van der Waals surface area contributed by atoms with Gasteiger partial charge in [0.1, 0.15) is 17.6 Å². The van der Waals surface area contributed by atoms with E-state index < -0.39 is 5.82 Å². The minimum atomic E-state index is -0.640. The highest BCUT2D eigenvalue weighted by Gasteiger charge is 2.09. The Morgan fingerprint density at radius 1 is 1.20 bits per heavy atom. The second kappa shape index (κ2) is 6.06. The van der Waals surface area contributed by atoms with E-state index in [-0.39, 0.29) is 17.3 Å². The number of hydrogen-bond donors (Lipinski definition) is 0. The molecule has 1 aromatic carbocycles. The van der Waals surface area contributed by atoms with Crippen LogP contribution in [0.1, 0.15) is 30.8 Å². The summed E-state index contributed by atoms with van der Waals surface area (Å²) in [7, 11) is 0. The summed E-state index contributed by atoms with van der Waals surface area (Å²) in [5, 5.41) is 16.6. The van der Waals surface area contributed by atoms with Gasteiger partial charge in [-0.25, -0.2) is 4.39 Å². The Labute approximate surface area is 116 Å². The Hall–Kier alpha value is -2.55. The lowest BCUT2D eigenvalue weighted by molar-refractivity contribution is 0.425. The van der Waals surface area contributed by atoms with Crippen LogP contribution in [0.2, 0.25) is 0 Å². The molecule has 1 aromatic heterocycles. The number of ether oxygens (including phenoxy) is 1. The highest BCUT2D eigenvalue weighted by atomic mass is 19.1. The van der Waals surface area contributed by atoms with Crippen molar-refractivity contribution in [3.63, 3.8) is 0 Å². The van der Waals surface area contributed by atoms with Gasteiger partial charge in [0.25, 0.3) is 0 Å². The number of aryl methyl sites for hydroxylation is 2. The van der Waals surface area contributed by atoms with E-state index in [4.69, 9.17) is 10.00 Å². The molecule has 0 unspecified atom stereocenters. The summed E-state index contributed by atoms with van der Waals surface area (Å²) in [5.74, 6) is -0.409. The maximum absolute atomic E-state index is 13.5. The molecule has 0 spiro atoms. The summed E-state index contributed by atoms with van der Waals surface area (Å²) >= 11 is 0. The van der Waals surface area contributed by atoms with E-state index in [0.717, 1.165) is 30.3 Å². The molecule has 0 aliphatic heterocycles. The molecule has 0 N–H and O–H groups in total. The van der Waals surface area contributed by atoms with Crippen LogP contribution in [-0.4, -0.2) is 15.2 Å². The van der Waals surface area contributed by atoms with Crippen molar-refractivity contribution in [3.8, 4) is 17.8 Å². The summed E-state index contributed by atoms with van der Waals surface area (Å²) in [6.45, 7) is 3.94. The van der Waals surface area contributed by atoms with E-state index >= 15 is 0 Å². The van der Waals surface area contributed by atoms with Gasteiger partial charge in [0, 0.05) is 6.07 Å². The van der Waals surface area contributed by atoms with Crippen LogP contribution in [0.15, 0.2) is 18.2 Å². The Balaban J connectivity index is 2.26. The van der Waals surface area contributed by atoms with Crippen LogP contribution in [-0.2, 0) is 12.8 Å². The van der Waals surface area contributed by atoms with Gasteiger partial charge in [-0.2, -0.15) is 10.2 Å². The maximum Gasteiger partial charge on any atom is 0.341 e. The van der Waals surface area contributed by atoms with Gasteiger partial charge in [0.05, 0.1) is 17.0 Å². The van der Waals surface area contributed by atoms with Crippen LogP contribution in [0.25, 0.3) is 0 Å². The molecule has 2 aromatic rings. The van der Waals surface area contributed by atoms with Crippen LogP contribution < -0.4 is 4.74 Å². The van der Waals surface area contributed by atoms with Gasteiger partial charge in [-0.1, -0.05) is 18.9 Å². The zero-order valence-corrected chi connectivity index (χ0v) is 11.2. The number of benzene rings is 1. The number of nitrogens with zero attached hydrogens (tertiary/aromatic N) is 4. The minimum absolute atomic E-state index is 0.0352. The molecule has 0 amide bonds. The van der Waals surface area contributed by atoms with Gasteiger partial charge in [-0.05, 0) is 25.0 Å². The largest absolute Gasteiger partial charge is 0.423 e. The monoisotopic (exact) mass is 272 g/mol. The van der Waals surface area contributed by atoms with Crippen molar-refractivity contribution in [2.75, 3.05) is 0 Å². The lowest BCUT2D eigenvalue weighted by Gasteiger charge is -2.07.